The molecule has 1 heterocycles. The Hall–Kier alpha value is -1.20. The molecule has 5 heteroatoms. The van der Waals surface area contributed by atoms with E-state index in [9.17, 15) is 4.79 Å². The first-order valence-electron chi connectivity index (χ1n) is 5.59. The van der Waals surface area contributed by atoms with Crippen molar-refractivity contribution in [3.63, 3.8) is 0 Å². The number of aromatic amines is 1. The SMILES string of the molecule is CC(C)NCC(C)NCc1ccc(=O)[nH]n1. The van der Waals surface area contributed by atoms with Crippen LogP contribution in [0.4, 0.5) is 0 Å². The van der Waals surface area contributed by atoms with Crippen LogP contribution in [0.2, 0.25) is 0 Å². The van der Waals surface area contributed by atoms with Crippen molar-refractivity contribution in [2.24, 2.45) is 0 Å². The molecule has 1 aromatic heterocycles. The number of hydrogen-bond donors (Lipinski definition) is 3. The topological polar surface area (TPSA) is 69.8 Å². The highest BCUT2D eigenvalue weighted by molar-refractivity contribution is 4.99. The molecule has 5 nitrogen and oxygen atoms in total. The Morgan fingerprint density at radius 3 is 2.62 bits per heavy atom. The summed E-state index contributed by atoms with van der Waals surface area (Å²) < 4.78 is 0. The molecule has 1 rings (SSSR count). The molecule has 1 atom stereocenters. The van der Waals surface area contributed by atoms with E-state index in [2.05, 4.69) is 41.6 Å². The lowest BCUT2D eigenvalue weighted by Crippen LogP contribution is -2.38. The normalized spacial score (nSPS) is 13.0. The summed E-state index contributed by atoms with van der Waals surface area (Å²) in [5, 5.41) is 13.0. The Balaban J connectivity index is 2.28. The van der Waals surface area contributed by atoms with Gasteiger partial charge >= 0.3 is 0 Å². The third-order valence-corrected chi connectivity index (χ3v) is 2.20. The van der Waals surface area contributed by atoms with Crippen LogP contribution >= 0.6 is 0 Å². The predicted molar refractivity (Wildman–Crippen MR) is 64.3 cm³/mol. The largest absolute Gasteiger partial charge is 0.313 e. The Kier molecular flexibility index (Phi) is 5.14. The fourth-order valence-corrected chi connectivity index (χ4v) is 1.24. The zero-order chi connectivity index (χ0) is 12.0. The Morgan fingerprint density at radius 2 is 2.06 bits per heavy atom. The van der Waals surface area contributed by atoms with E-state index >= 15 is 0 Å². The van der Waals surface area contributed by atoms with Gasteiger partial charge in [-0.15, -0.1) is 0 Å². The van der Waals surface area contributed by atoms with E-state index in [1.807, 2.05) is 0 Å². The van der Waals surface area contributed by atoms with Crippen LogP contribution in [0.5, 0.6) is 0 Å². The van der Waals surface area contributed by atoms with Gasteiger partial charge in [-0.3, -0.25) is 4.79 Å². The molecule has 0 saturated carbocycles. The van der Waals surface area contributed by atoms with Crippen LogP contribution in [0.3, 0.4) is 0 Å². The third kappa shape index (κ3) is 5.04. The fraction of sp³-hybridized carbons (Fsp3) is 0.636. The molecule has 1 unspecified atom stereocenters. The molecule has 0 fully saturated rings. The van der Waals surface area contributed by atoms with E-state index in [4.69, 9.17) is 0 Å². The average Bonchev–Trinajstić information content (AvgIpc) is 2.25. The van der Waals surface area contributed by atoms with Crippen molar-refractivity contribution in [3.05, 3.63) is 28.2 Å². The molecule has 0 amide bonds. The van der Waals surface area contributed by atoms with Crippen LogP contribution in [0.15, 0.2) is 16.9 Å². The van der Waals surface area contributed by atoms with Crippen LogP contribution < -0.4 is 16.2 Å². The van der Waals surface area contributed by atoms with Crippen molar-refractivity contribution in [2.45, 2.75) is 39.4 Å². The minimum atomic E-state index is -0.168. The van der Waals surface area contributed by atoms with Crippen molar-refractivity contribution in [1.29, 1.82) is 0 Å². The molecule has 3 N–H and O–H groups in total. The molecule has 90 valence electrons. The summed E-state index contributed by atoms with van der Waals surface area (Å²) >= 11 is 0. The van der Waals surface area contributed by atoms with Gasteiger partial charge in [0.15, 0.2) is 0 Å². The molecular weight excluding hydrogens is 204 g/mol. The Bertz CT molecular complexity index is 341. The Labute approximate surface area is 95.7 Å². The van der Waals surface area contributed by atoms with Crippen LogP contribution in [-0.4, -0.2) is 28.8 Å². The van der Waals surface area contributed by atoms with E-state index in [1.165, 1.54) is 6.07 Å². The van der Waals surface area contributed by atoms with Gasteiger partial charge < -0.3 is 10.6 Å². The first kappa shape index (κ1) is 12.9. The summed E-state index contributed by atoms with van der Waals surface area (Å²) in [6.45, 7) is 7.94. The zero-order valence-corrected chi connectivity index (χ0v) is 10.1. The van der Waals surface area contributed by atoms with Crippen LogP contribution in [-0.2, 0) is 6.54 Å². The van der Waals surface area contributed by atoms with Crippen molar-refractivity contribution < 1.29 is 0 Å². The van der Waals surface area contributed by atoms with Crippen molar-refractivity contribution >= 4 is 0 Å². The second-order valence-corrected chi connectivity index (χ2v) is 4.26. The summed E-state index contributed by atoms with van der Waals surface area (Å²) in [7, 11) is 0. The number of H-pyrrole nitrogens is 1. The molecule has 16 heavy (non-hydrogen) atoms. The number of rotatable bonds is 6. The second-order valence-electron chi connectivity index (χ2n) is 4.26. The third-order valence-electron chi connectivity index (χ3n) is 2.20. The quantitative estimate of drug-likeness (QED) is 0.647. The zero-order valence-electron chi connectivity index (χ0n) is 10.1. The van der Waals surface area contributed by atoms with Crippen LogP contribution in [0.1, 0.15) is 26.5 Å². The minimum Gasteiger partial charge on any atom is -0.313 e. The highest BCUT2D eigenvalue weighted by Gasteiger charge is 2.02. The molecule has 0 aromatic carbocycles. The summed E-state index contributed by atoms with van der Waals surface area (Å²) in [5.74, 6) is 0. The standard InChI is InChI=1S/C11H20N4O/c1-8(2)12-6-9(3)13-7-10-4-5-11(16)15-14-10/h4-5,8-9,12-13H,6-7H2,1-3H3,(H,15,16). The van der Waals surface area contributed by atoms with Gasteiger partial charge in [0.1, 0.15) is 0 Å². The van der Waals surface area contributed by atoms with Gasteiger partial charge in [-0.05, 0) is 13.0 Å². The summed E-state index contributed by atoms with van der Waals surface area (Å²) in [4.78, 5) is 10.8. The maximum Gasteiger partial charge on any atom is 0.264 e. The molecule has 0 spiro atoms. The van der Waals surface area contributed by atoms with E-state index < -0.39 is 0 Å². The van der Waals surface area contributed by atoms with Crippen LogP contribution in [0.25, 0.3) is 0 Å². The highest BCUT2D eigenvalue weighted by Crippen LogP contribution is 1.90. The van der Waals surface area contributed by atoms with E-state index in [0.29, 0.717) is 18.6 Å². The van der Waals surface area contributed by atoms with Gasteiger partial charge in [0.05, 0.1) is 5.69 Å². The lowest BCUT2D eigenvalue weighted by molar-refractivity contribution is 0.470. The number of nitrogens with zero attached hydrogens (tertiary/aromatic N) is 1. The molecule has 0 bridgehead atoms. The maximum absolute atomic E-state index is 10.8. The summed E-state index contributed by atoms with van der Waals surface area (Å²) in [5.41, 5.74) is 0.675. The molecule has 0 aliphatic carbocycles. The molecule has 0 aliphatic rings. The molecule has 0 aliphatic heterocycles. The molecule has 1 aromatic rings. The van der Waals surface area contributed by atoms with Crippen LogP contribution in [0, 0.1) is 0 Å². The van der Waals surface area contributed by atoms with Gasteiger partial charge in [-0.1, -0.05) is 13.8 Å². The number of aromatic nitrogens is 2. The second kappa shape index (κ2) is 6.40. The number of hydrogen-bond acceptors (Lipinski definition) is 4. The van der Waals surface area contributed by atoms with Gasteiger partial charge in [0, 0.05) is 31.2 Å². The fourth-order valence-electron chi connectivity index (χ4n) is 1.24. The smallest absolute Gasteiger partial charge is 0.264 e. The molecule has 0 saturated heterocycles. The molecule has 0 radical (unpaired) electrons. The number of nitrogens with one attached hydrogen (secondary N) is 3. The lowest BCUT2D eigenvalue weighted by Gasteiger charge is -2.16. The first-order chi connectivity index (χ1) is 7.58. The highest BCUT2D eigenvalue weighted by atomic mass is 16.1. The summed E-state index contributed by atoms with van der Waals surface area (Å²) in [6, 6.07) is 4.08. The van der Waals surface area contributed by atoms with Gasteiger partial charge in [-0.25, -0.2) is 5.10 Å². The summed E-state index contributed by atoms with van der Waals surface area (Å²) in [6.07, 6.45) is 0. The first-order valence-corrected chi connectivity index (χ1v) is 5.59. The Morgan fingerprint density at radius 1 is 1.31 bits per heavy atom. The maximum atomic E-state index is 10.8. The minimum absolute atomic E-state index is 0.168. The van der Waals surface area contributed by atoms with Crippen molar-refractivity contribution in [2.75, 3.05) is 6.54 Å². The van der Waals surface area contributed by atoms with Gasteiger partial charge in [0.2, 0.25) is 0 Å². The lowest BCUT2D eigenvalue weighted by atomic mass is 10.3. The monoisotopic (exact) mass is 224 g/mol. The molecular formula is C11H20N4O. The van der Waals surface area contributed by atoms with Gasteiger partial charge in [-0.2, -0.15) is 5.10 Å². The van der Waals surface area contributed by atoms with E-state index in [1.54, 1.807) is 6.07 Å². The van der Waals surface area contributed by atoms with E-state index in [-0.39, 0.29) is 5.56 Å². The van der Waals surface area contributed by atoms with Crippen molar-refractivity contribution in [1.82, 2.24) is 20.8 Å². The average molecular weight is 224 g/mol. The van der Waals surface area contributed by atoms with Gasteiger partial charge in [0.25, 0.3) is 5.56 Å². The van der Waals surface area contributed by atoms with E-state index in [0.717, 1.165) is 12.2 Å². The van der Waals surface area contributed by atoms with Crippen molar-refractivity contribution in [3.8, 4) is 0 Å². The predicted octanol–water partition coefficient (Wildman–Crippen LogP) is 0.246.